The van der Waals surface area contributed by atoms with E-state index < -0.39 is 0 Å². The maximum atomic E-state index is 5.48. The lowest BCUT2D eigenvalue weighted by atomic mass is 9.82. The molecule has 0 radical (unpaired) electrons. The Morgan fingerprint density at radius 3 is 2.02 bits per heavy atom. The number of rotatable bonds is 2. The molecule has 0 unspecified atom stereocenters. The van der Waals surface area contributed by atoms with E-state index in [-0.39, 0.29) is 5.41 Å². The van der Waals surface area contributed by atoms with Crippen LogP contribution in [0.5, 0.6) is 0 Å². The molecular weight excluding hydrogens is 599 g/mol. The van der Waals surface area contributed by atoms with Crippen LogP contribution in [0.3, 0.4) is 0 Å². The van der Waals surface area contributed by atoms with E-state index in [9.17, 15) is 0 Å². The van der Waals surface area contributed by atoms with Gasteiger partial charge in [0, 0.05) is 32.5 Å². The van der Waals surface area contributed by atoms with Gasteiger partial charge < -0.3 is 0 Å². The first-order chi connectivity index (χ1) is 24.1. The molecule has 11 rings (SSSR count). The number of pyridine rings is 1. The van der Waals surface area contributed by atoms with Crippen LogP contribution in [0.2, 0.25) is 0 Å². The molecule has 4 heterocycles. The van der Waals surface area contributed by atoms with Crippen molar-refractivity contribution in [1.82, 2.24) is 23.9 Å². The second-order valence-corrected chi connectivity index (χ2v) is 13.7. The van der Waals surface area contributed by atoms with Gasteiger partial charge in [-0.25, -0.2) is 15.0 Å². The second-order valence-electron chi connectivity index (χ2n) is 13.7. The molecular formula is C44H29N5. The zero-order valence-electron chi connectivity index (χ0n) is 27.0. The first-order valence-electron chi connectivity index (χ1n) is 16.8. The molecule has 0 spiro atoms. The van der Waals surface area contributed by atoms with Gasteiger partial charge in [-0.05, 0) is 51.9 Å². The molecule has 0 N–H and O–H groups in total. The Labute approximate surface area is 281 Å². The van der Waals surface area contributed by atoms with Crippen molar-refractivity contribution in [1.29, 1.82) is 0 Å². The van der Waals surface area contributed by atoms with Gasteiger partial charge in [-0.3, -0.25) is 8.97 Å². The molecule has 10 aromatic rings. The fraction of sp³-hybridized carbons (Fsp3) is 0.0682. The third kappa shape index (κ3) is 3.46. The lowest BCUT2D eigenvalue weighted by Crippen LogP contribution is -2.15. The summed E-state index contributed by atoms with van der Waals surface area (Å²) < 4.78 is 4.52. The summed E-state index contributed by atoms with van der Waals surface area (Å²) in [6.45, 7) is 4.65. The van der Waals surface area contributed by atoms with Gasteiger partial charge in [-0.2, -0.15) is 0 Å². The van der Waals surface area contributed by atoms with E-state index in [4.69, 9.17) is 15.0 Å². The van der Waals surface area contributed by atoms with Gasteiger partial charge in [0.15, 0.2) is 5.65 Å². The van der Waals surface area contributed by atoms with Crippen molar-refractivity contribution in [3.63, 3.8) is 0 Å². The van der Waals surface area contributed by atoms with Gasteiger partial charge in [-0.1, -0.05) is 129 Å². The highest BCUT2D eigenvalue weighted by Crippen LogP contribution is 2.49. The summed E-state index contributed by atoms with van der Waals surface area (Å²) in [6.07, 6.45) is 0. The molecule has 6 aromatic carbocycles. The Hall–Kier alpha value is -6.33. The number of hydrogen-bond acceptors (Lipinski definition) is 3. The number of benzene rings is 6. The quantitative estimate of drug-likeness (QED) is 0.179. The predicted molar refractivity (Wildman–Crippen MR) is 201 cm³/mol. The summed E-state index contributed by atoms with van der Waals surface area (Å²) in [5.74, 6) is 0.627. The maximum absolute atomic E-state index is 5.48. The van der Waals surface area contributed by atoms with Crippen LogP contribution < -0.4 is 0 Å². The molecule has 0 amide bonds. The molecule has 49 heavy (non-hydrogen) atoms. The first kappa shape index (κ1) is 26.7. The third-order valence-corrected chi connectivity index (χ3v) is 10.7. The molecule has 1 aliphatic rings. The molecule has 0 saturated carbocycles. The summed E-state index contributed by atoms with van der Waals surface area (Å²) in [4.78, 5) is 16.1. The SMILES string of the molecule is CC1(C)c2ccccc2-c2ccc(-c3nc(-n4c5ccccc5c5nc6c7ccccc7c7ccccc7n6c54)nc4ccccc34)cc21. The van der Waals surface area contributed by atoms with E-state index in [1.165, 1.54) is 33.0 Å². The van der Waals surface area contributed by atoms with E-state index in [0.717, 1.165) is 60.8 Å². The van der Waals surface area contributed by atoms with Crippen LogP contribution >= 0.6 is 0 Å². The summed E-state index contributed by atoms with van der Waals surface area (Å²) >= 11 is 0. The van der Waals surface area contributed by atoms with Crippen molar-refractivity contribution < 1.29 is 0 Å². The maximum Gasteiger partial charge on any atom is 0.237 e. The average molecular weight is 628 g/mol. The van der Waals surface area contributed by atoms with Crippen molar-refractivity contribution in [2.75, 3.05) is 0 Å². The number of hydrogen-bond donors (Lipinski definition) is 0. The second kappa shape index (κ2) is 9.39. The van der Waals surface area contributed by atoms with Crippen molar-refractivity contribution in [2.45, 2.75) is 19.3 Å². The summed E-state index contributed by atoms with van der Waals surface area (Å²) in [6, 6.07) is 49.7. The van der Waals surface area contributed by atoms with Crippen LogP contribution in [0.25, 0.3) is 88.6 Å². The topological polar surface area (TPSA) is 48.0 Å². The average Bonchev–Trinajstić information content (AvgIpc) is 3.77. The highest BCUT2D eigenvalue weighted by atomic mass is 15.2. The highest BCUT2D eigenvalue weighted by molar-refractivity contribution is 6.16. The monoisotopic (exact) mass is 627 g/mol. The third-order valence-electron chi connectivity index (χ3n) is 10.7. The fourth-order valence-electron chi connectivity index (χ4n) is 8.44. The lowest BCUT2D eigenvalue weighted by Gasteiger charge is -2.22. The van der Waals surface area contributed by atoms with Crippen LogP contribution in [0.4, 0.5) is 0 Å². The molecule has 230 valence electrons. The van der Waals surface area contributed by atoms with Gasteiger partial charge in [0.05, 0.1) is 22.2 Å². The normalized spacial score (nSPS) is 13.7. The van der Waals surface area contributed by atoms with Crippen LogP contribution in [0.1, 0.15) is 25.0 Å². The minimum Gasteiger partial charge on any atom is -0.277 e. The smallest absolute Gasteiger partial charge is 0.237 e. The molecule has 0 atom stereocenters. The van der Waals surface area contributed by atoms with E-state index in [0.29, 0.717) is 5.95 Å². The standard InChI is InChI=1S/C44H29N5/c1-44(2)34-19-9-5-14-28(34)29-24-23-26(25-35(29)44)39-32-17-6-10-20-36(32)45-43(47-39)49-38-22-12-8-18-33(38)40-42(49)48-37-21-11-7-15-30(37)27-13-3-4-16-31(27)41(48)46-40/h3-25H,1-2H3. The summed E-state index contributed by atoms with van der Waals surface area (Å²) in [5, 5.41) is 5.60. The Morgan fingerprint density at radius 1 is 0.510 bits per heavy atom. The molecule has 0 saturated heterocycles. The molecule has 5 nitrogen and oxygen atoms in total. The van der Waals surface area contributed by atoms with Gasteiger partial charge in [-0.15, -0.1) is 0 Å². The van der Waals surface area contributed by atoms with Crippen LogP contribution in [-0.2, 0) is 5.41 Å². The van der Waals surface area contributed by atoms with Crippen molar-refractivity contribution in [3.8, 4) is 28.3 Å². The van der Waals surface area contributed by atoms with E-state index in [1.54, 1.807) is 0 Å². The van der Waals surface area contributed by atoms with Gasteiger partial charge >= 0.3 is 0 Å². The van der Waals surface area contributed by atoms with Gasteiger partial charge in [0.25, 0.3) is 0 Å². The van der Waals surface area contributed by atoms with Crippen LogP contribution in [-0.4, -0.2) is 23.9 Å². The van der Waals surface area contributed by atoms with E-state index in [1.807, 2.05) is 0 Å². The Kier molecular flexibility index (Phi) is 5.12. The number of para-hydroxylation sites is 3. The van der Waals surface area contributed by atoms with E-state index in [2.05, 4.69) is 162 Å². The fourth-order valence-corrected chi connectivity index (χ4v) is 8.44. The van der Waals surface area contributed by atoms with Crippen molar-refractivity contribution in [2.24, 2.45) is 0 Å². The molecule has 0 fully saturated rings. The molecule has 0 aliphatic heterocycles. The highest BCUT2D eigenvalue weighted by Gasteiger charge is 2.35. The summed E-state index contributed by atoms with van der Waals surface area (Å²) in [5.41, 5.74) is 13.1. The Bertz CT molecular complexity index is 3030. The minimum atomic E-state index is -0.114. The first-order valence-corrected chi connectivity index (χ1v) is 16.8. The Balaban J connectivity index is 1.25. The number of fused-ring (bicyclic) bond motifs is 14. The zero-order chi connectivity index (χ0) is 32.4. The Morgan fingerprint density at radius 2 is 1.16 bits per heavy atom. The molecule has 1 aliphatic carbocycles. The molecule has 4 aromatic heterocycles. The predicted octanol–water partition coefficient (Wildman–Crippen LogP) is 10.7. The summed E-state index contributed by atoms with van der Waals surface area (Å²) in [7, 11) is 0. The molecule has 5 heteroatoms. The number of aromatic nitrogens is 5. The van der Waals surface area contributed by atoms with Crippen molar-refractivity contribution in [3.05, 3.63) is 151 Å². The van der Waals surface area contributed by atoms with Crippen LogP contribution in [0, 0.1) is 0 Å². The largest absolute Gasteiger partial charge is 0.277 e. The van der Waals surface area contributed by atoms with Gasteiger partial charge in [0.2, 0.25) is 5.95 Å². The van der Waals surface area contributed by atoms with Crippen molar-refractivity contribution >= 4 is 60.3 Å². The molecule has 0 bridgehead atoms. The zero-order valence-corrected chi connectivity index (χ0v) is 27.0. The van der Waals surface area contributed by atoms with Crippen LogP contribution in [0.15, 0.2) is 140 Å². The number of nitrogens with zero attached hydrogens (tertiary/aromatic N) is 5. The van der Waals surface area contributed by atoms with Gasteiger partial charge in [0.1, 0.15) is 11.2 Å². The van der Waals surface area contributed by atoms with E-state index >= 15 is 0 Å². The minimum absolute atomic E-state index is 0.114. The number of imidazole rings is 1. The lowest BCUT2D eigenvalue weighted by molar-refractivity contribution is 0.660.